The lowest BCUT2D eigenvalue weighted by atomic mass is 9.95. The van der Waals surface area contributed by atoms with Crippen molar-refractivity contribution in [1.29, 1.82) is 0 Å². The van der Waals surface area contributed by atoms with Crippen molar-refractivity contribution in [3.63, 3.8) is 0 Å². The van der Waals surface area contributed by atoms with Crippen molar-refractivity contribution in [2.45, 2.75) is 76.9 Å². The van der Waals surface area contributed by atoms with E-state index in [-0.39, 0.29) is 36.6 Å². The molecule has 0 radical (unpaired) electrons. The third kappa shape index (κ3) is 7.44. The molecular formula is C28H37FN2O4. The molecule has 1 aliphatic rings. The Kier molecular flexibility index (Phi) is 9.94. The Morgan fingerprint density at radius 1 is 1.00 bits per heavy atom. The van der Waals surface area contributed by atoms with Gasteiger partial charge in [-0.3, -0.25) is 9.59 Å². The molecular weight excluding hydrogens is 447 g/mol. The molecule has 2 aromatic rings. The van der Waals surface area contributed by atoms with E-state index in [2.05, 4.69) is 5.32 Å². The van der Waals surface area contributed by atoms with Crippen LogP contribution in [-0.2, 0) is 22.6 Å². The zero-order chi connectivity index (χ0) is 25.2. The van der Waals surface area contributed by atoms with Gasteiger partial charge in [-0.1, -0.05) is 44.4 Å². The molecule has 0 aliphatic heterocycles. The normalized spacial score (nSPS) is 14.7. The van der Waals surface area contributed by atoms with Crippen LogP contribution in [0.15, 0.2) is 42.5 Å². The minimum Gasteiger partial charge on any atom is -0.493 e. The lowest BCUT2D eigenvalue weighted by Crippen LogP contribution is -2.51. The summed E-state index contributed by atoms with van der Waals surface area (Å²) in [7, 11) is 3.16. The van der Waals surface area contributed by atoms with E-state index in [1.54, 1.807) is 31.3 Å². The van der Waals surface area contributed by atoms with Gasteiger partial charge in [0.05, 0.1) is 14.2 Å². The predicted octanol–water partition coefficient (Wildman–Crippen LogP) is 5.03. The van der Waals surface area contributed by atoms with Gasteiger partial charge in [0, 0.05) is 19.0 Å². The molecule has 1 N–H and O–H groups in total. The second-order valence-electron chi connectivity index (χ2n) is 9.11. The summed E-state index contributed by atoms with van der Waals surface area (Å²) in [6, 6.07) is 11.3. The molecule has 6 nitrogen and oxygen atoms in total. The Morgan fingerprint density at radius 3 is 2.29 bits per heavy atom. The molecule has 3 rings (SSSR count). The van der Waals surface area contributed by atoms with Crippen LogP contribution in [0.3, 0.4) is 0 Å². The van der Waals surface area contributed by atoms with Gasteiger partial charge in [-0.25, -0.2) is 4.39 Å². The average Bonchev–Trinajstić information content (AvgIpc) is 2.88. The lowest BCUT2D eigenvalue weighted by molar-refractivity contribution is -0.141. The van der Waals surface area contributed by atoms with Gasteiger partial charge in [0.15, 0.2) is 11.5 Å². The Labute approximate surface area is 207 Å². The van der Waals surface area contributed by atoms with E-state index in [0.717, 1.165) is 36.8 Å². The SMILES string of the molecule is CCC(C(=O)NC1CCCCC1)N(Cc1ccc(F)cc1)C(=O)CCc1ccc(OC)c(OC)c1. The quantitative estimate of drug-likeness (QED) is 0.486. The molecule has 2 aromatic carbocycles. The first-order chi connectivity index (χ1) is 16.9. The molecule has 0 spiro atoms. The minimum atomic E-state index is -0.583. The Morgan fingerprint density at radius 2 is 1.66 bits per heavy atom. The van der Waals surface area contributed by atoms with Gasteiger partial charge >= 0.3 is 0 Å². The van der Waals surface area contributed by atoms with Gasteiger partial charge in [-0.05, 0) is 61.1 Å². The van der Waals surface area contributed by atoms with Crippen LogP contribution in [0.1, 0.15) is 63.0 Å². The first-order valence-electron chi connectivity index (χ1n) is 12.5. The molecule has 1 fully saturated rings. The summed E-state index contributed by atoms with van der Waals surface area (Å²) >= 11 is 0. The van der Waals surface area contributed by atoms with Crippen molar-refractivity contribution in [3.05, 3.63) is 59.4 Å². The Balaban J connectivity index is 1.76. The number of methoxy groups -OCH3 is 2. The number of hydrogen-bond acceptors (Lipinski definition) is 4. The van der Waals surface area contributed by atoms with Crippen LogP contribution in [-0.4, -0.2) is 43.0 Å². The first-order valence-corrected chi connectivity index (χ1v) is 12.5. The molecule has 0 saturated heterocycles. The van der Waals surface area contributed by atoms with Gasteiger partial charge in [-0.2, -0.15) is 0 Å². The minimum absolute atomic E-state index is 0.110. The van der Waals surface area contributed by atoms with Crippen LogP contribution in [0.2, 0.25) is 0 Å². The molecule has 1 unspecified atom stereocenters. The van der Waals surface area contributed by atoms with E-state index in [9.17, 15) is 14.0 Å². The number of rotatable bonds is 11. The third-order valence-corrected chi connectivity index (χ3v) is 6.68. The molecule has 0 aromatic heterocycles. The highest BCUT2D eigenvalue weighted by Gasteiger charge is 2.30. The molecule has 35 heavy (non-hydrogen) atoms. The highest BCUT2D eigenvalue weighted by molar-refractivity contribution is 5.88. The summed E-state index contributed by atoms with van der Waals surface area (Å²) in [5.74, 6) is 0.683. The molecule has 0 bridgehead atoms. The number of carbonyl (C=O) groups is 2. The van der Waals surface area contributed by atoms with Crippen LogP contribution in [0.5, 0.6) is 11.5 Å². The molecule has 1 aliphatic carbocycles. The van der Waals surface area contributed by atoms with E-state index < -0.39 is 6.04 Å². The zero-order valence-corrected chi connectivity index (χ0v) is 21.0. The molecule has 2 amide bonds. The number of hydrogen-bond donors (Lipinski definition) is 1. The van der Waals surface area contributed by atoms with Crippen molar-refractivity contribution in [2.24, 2.45) is 0 Å². The van der Waals surface area contributed by atoms with Crippen molar-refractivity contribution in [2.75, 3.05) is 14.2 Å². The van der Waals surface area contributed by atoms with Gasteiger partial charge in [0.2, 0.25) is 11.8 Å². The number of benzene rings is 2. The summed E-state index contributed by atoms with van der Waals surface area (Å²) in [5, 5.41) is 3.18. The largest absolute Gasteiger partial charge is 0.493 e. The second kappa shape index (κ2) is 13.1. The van der Waals surface area contributed by atoms with Crippen LogP contribution < -0.4 is 14.8 Å². The highest BCUT2D eigenvalue weighted by Crippen LogP contribution is 2.28. The third-order valence-electron chi connectivity index (χ3n) is 6.68. The number of amides is 2. The Bertz CT molecular complexity index is 973. The zero-order valence-electron chi connectivity index (χ0n) is 21.0. The van der Waals surface area contributed by atoms with Crippen molar-refractivity contribution in [1.82, 2.24) is 10.2 Å². The smallest absolute Gasteiger partial charge is 0.243 e. The standard InChI is InChI=1S/C28H37FN2O4/c1-4-24(28(33)30-23-8-6-5-7-9-23)31(19-21-10-14-22(29)15-11-21)27(32)17-13-20-12-16-25(34-2)26(18-20)35-3/h10-12,14-16,18,23-24H,4-9,13,17,19H2,1-3H3,(H,30,33). The monoisotopic (exact) mass is 484 g/mol. The molecule has 1 saturated carbocycles. The number of nitrogens with zero attached hydrogens (tertiary/aromatic N) is 1. The van der Waals surface area contributed by atoms with Crippen molar-refractivity contribution < 1.29 is 23.5 Å². The Hall–Kier alpha value is -3.09. The summed E-state index contributed by atoms with van der Waals surface area (Å²) < 4.78 is 24.1. The fourth-order valence-electron chi connectivity index (χ4n) is 4.68. The highest BCUT2D eigenvalue weighted by atomic mass is 19.1. The molecule has 7 heteroatoms. The van der Waals surface area contributed by atoms with E-state index in [1.165, 1.54) is 18.6 Å². The maximum atomic E-state index is 13.5. The lowest BCUT2D eigenvalue weighted by Gasteiger charge is -2.33. The van der Waals surface area contributed by atoms with E-state index in [4.69, 9.17) is 9.47 Å². The summed E-state index contributed by atoms with van der Waals surface area (Å²) in [4.78, 5) is 28.4. The predicted molar refractivity (Wildman–Crippen MR) is 134 cm³/mol. The fraction of sp³-hybridized carbons (Fsp3) is 0.500. The maximum Gasteiger partial charge on any atom is 0.243 e. The van der Waals surface area contributed by atoms with Crippen LogP contribution in [0.25, 0.3) is 0 Å². The topological polar surface area (TPSA) is 67.9 Å². The molecule has 0 heterocycles. The van der Waals surface area contributed by atoms with E-state index in [0.29, 0.717) is 24.3 Å². The average molecular weight is 485 g/mol. The summed E-state index contributed by atoms with van der Waals surface area (Å²) in [5.41, 5.74) is 1.73. The van der Waals surface area contributed by atoms with Crippen LogP contribution >= 0.6 is 0 Å². The molecule has 190 valence electrons. The summed E-state index contributed by atoms with van der Waals surface area (Å²) in [6.07, 6.45) is 6.64. The van der Waals surface area contributed by atoms with Crippen molar-refractivity contribution >= 4 is 11.8 Å². The van der Waals surface area contributed by atoms with Crippen molar-refractivity contribution in [3.8, 4) is 11.5 Å². The van der Waals surface area contributed by atoms with E-state index >= 15 is 0 Å². The van der Waals surface area contributed by atoms with Crippen LogP contribution in [0, 0.1) is 5.82 Å². The molecule has 1 atom stereocenters. The van der Waals surface area contributed by atoms with Gasteiger partial charge in [-0.15, -0.1) is 0 Å². The summed E-state index contributed by atoms with van der Waals surface area (Å²) in [6.45, 7) is 2.17. The van der Waals surface area contributed by atoms with E-state index in [1.807, 2.05) is 25.1 Å². The number of halogens is 1. The van der Waals surface area contributed by atoms with Gasteiger partial charge in [0.25, 0.3) is 0 Å². The van der Waals surface area contributed by atoms with Gasteiger partial charge in [0.1, 0.15) is 11.9 Å². The second-order valence-corrected chi connectivity index (χ2v) is 9.11. The number of ether oxygens (including phenoxy) is 2. The number of nitrogens with one attached hydrogen (secondary N) is 1. The fourth-order valence-corrected chi connectivity index (χ4v) is 4.68. The number of aryl methyl sites for hydroxylation is 1. The van der Waals surface area contributed by atoms with Crippen LogP contribution in [0.4, 0.5) is 4.39 Å². The van der Waals surface area contributed by atoms with Gasteiger partial charge < -0.3 is 19.7 Å². The first kappa shape index (κ1) is 26.5. The number of carbonyl (C=O) groups excluding carboxylic acids is 2. The maximum absolute atomic E-state index is 13.5.